The van der Waals surface area contributed by atoms with Crippen LogP contribution in [0.2, 0.25) is 0 Å². The smallest absolute Gasteiger partial charge is 0.226 e. The van der Waals surface area contributed by atoms with Crippen LogP contribution in [0.5, 0.6) is 11.5 Å². The predicted molar refractivity (Wildman–Crippen MR) is 73.2 cm³/mol. The highest BCUT2D eigenvalue weighted by molar-refractivity contribution is 5.94. The van der Waals surface area contributed by atoms with Crippen LogP contribution in [0, 0.1) is 5.82 Å². The summed E-state index contributed by atoms with van der Waals surface area (Å²) in [6, 6.07) is 2.83. The average molecular weight is 291 g/mol. The summed E-state index contributed by atoms with van der Waals surface area (Å²) in [6.07, 6.45) is 1.74. The third-order valence-corrected chi connectivity index (χ3v) is 3.58. The summed E-state index contributed by atoms with van der Waals surface area (Å²) in [5.41, 5.74) is 1.13. The van der Waals surface area contributed by atoms with E-state index in [2.05, 4.69) is 15.5 Å². The second kappa shape index (κ2) is 5.08. The number of halogens is 1. The fraction of sp³-hybridized carbons (Fsp3) is 0.286. The lowest BCUT2D eigenvalue weighted by Crippen LogP contribution is -2.23. The van der Waals surface area contributed by atoms with Gasteiger partial charge in [-0.05, 0) is 11.6 Å². The molecule has 1 amide bonds. The van der Waals surface area contributed by atoms with E-state index in [1.54, 1.807) is 12.3 Å². The summed E-state index contributed by atoms with van der Waals surface area (Å²) in [6.45, 7) is 0. The van der Waals surface area contributed by atoms with Gasteiger partial charge in [0.05, 0.1) is 20.4 Å². The molecule has 110 valence electrons. The first-order chi connectivity index (χ1) is 10.1. The van der Waals surface area contributed by atoms with Crippen LogP contribution in [-0.2, 0) is 4.79 Å². The van der Waals surface area contributed by atoms with E-state index in [1.807, 2.05) is 0 Å². The molecule has 0 fully saturated rings. The molecule has 6 nitrogen and oxygen atoms in total. The Bertz CT molecular complexity index is 699. The van der Waals surface area contributed by atoms with Crippen LogP contribution < -0.4 is 14.8 Å². The van der Waals surface area contributed by atoms with Crippen molar-refractivity contribution in [1.29, 1.82) is 0 Å². The van der Waals surface area contributed by atoms with Crippen LogP contribution >= 0.6 is 0 Å². The lowest BCUT2D eigenvalue weighted by molar-refractivity contribution is -0.116. The zero-order chi connectivity index (χ0) is 15.0. The Labute approximate surface area is 120 Å². The molecule has 0 saturated carbocycles. The van der Waals surface area contributed by atoms with E-state index in [-0.39, 0.29) is 12.3 Å². The van der Waals surface area contributed by atoms with E-state index in [4.69, 9.17) is 9.47 Å². The summed E-state index contributed by atoms with van der Waals surface area (Å²) < 4.78 is 24.6. The molecule has 7 heteroatoms. The van der Waals surface area contributed by atoms with Crippen molar-refractivity contribution in [3.05, 3.63) is 35.3 Å². The molecule has 21 heavy (non-hydrogen) atoms. The van der Waals surface area contributed by atoms with Gasteiger partial charge in [-0.3, -0.25) is 9.89 Å². The van der Waals surface area contributed by atoms with E-state index in [0.29, 0.717) is 22.9 Å². The Morgan fingerprint density at radius 1 is 1.24 bits per heavy atom. The fourth-order valence-electron chi connectivity index (χ4n) is 2.56. The second-order valence-electron chi connectivity index (χ2n) is 4.73. The van der Waals surface area contributed by atoms with Crippen molar-refractivity contribution in [1.82, 2.24) is 10.2 Å². The van der Waals surface area contributed by atoms with Crippen LogP contribution in [0.3, 0.4) is 0 Å². The first-order valence-electron chi connectivity index (χ1n) is 6.38. The lowest BCUT2D eigenvalue weighted by atomic mass is 9.87. The highest BCUT2D eigenvalue weighted by atomic mass is 19.1. The topological polar surface area (TPSA) is 76.2 Å². The maximum Gasteiger partial charge on any atom is 0.226 e. The minimum atomic E-state index is -0.445. The van der Waals surface area contributed by atoms with Gasteiger partial charge in [0.2, 0.25) is 5.91 Å². The Kier molecular flexibility index (Phi) is 3.25. The molecule has 1 unspecified atom stereocenters. The minimum absolute atomic E-state index is 0.152. The summed E-state index contributed by atoms with van der Waals surface area (Å²) >= 11 is 0. The van der Waals surface area contributed by atoms with Crippen molar-refractivity contribution >= 4 is 11.7 Å². The Morgan fingerprint density at radius 3 is 2.67 bits per heavy atom. The van der Waals surface area contributed by atoms with Crippen LogP contribution in [0.15, 0.2) is 18.3 Å². The van der Waals surface area contributed by atoms with Crippen LogP contribution in [-0.4, -0.2) is 30.3 Å². The zero-order valence-corrected chi connectivity index (χ0v) is 11.6. The highest BCUT2D eigenvalue weighted by Gasteiger charge is 2.30. The zero-order valence-electron chi connectivity index (χ0n) is 11.6. The van der Waals surface area contributed by atoms with E-state index in [1.165, 1.54) is 20.3 Å². The number of carbonyl (C=O) groups excluding carboxylic acids is 1. The van der Waals surface area contributed by atoms with Gasteiger partial charge in [-0.25, -0.2) is 4.39 Å². The Hall–Kier alpha value is -2.57. The molecule has 2 heterocycles. The standard InChI is InChI=1S/C14H14FN3O3/c1-20-11-3-8(10(15)5-12(11)21-2)7-4-13(19)17-14-9(7)6-16-18-14/h3,5-7H,4H2,1-2H3,(H2,16,17,18,19). The molecule has 0 radical (unpaired) electrons. The molecule has 1 aliphatic heterocycles. The first kappa shape index (κ1) is 13.4. The van der Waals surface area contributed by atoms with Gasteiger partial charge in [0.1, 0.15) is 11.6 Å². The molecule has 0 aliphatic carbocycles. The van der Waals surface area contributed by atoms with Crippen LogP contribution in [0.4, 0.5) is 10.2 Å². The van der Waals surface area contributed by atoms with E-state index in [0.717, 1.165) is 5.56 Å². The molecule has 0 saturated heterocycles. The SMILES string of the molecule is COc1cc(F)c(C2CC(=O)Nc3[nH]ncc32)cc1OC. The average Bonchev–Trinajstić information content (AvgIpc) is 2.94. The Balaban J connectivity index is 2.11. The van der Waals surface area contributed by atoms with Gasteiger partial charge >= 0.3 is 0 Å². The fourth-order valence-corrected chi connectivity index (χ4v) is 2.56. The number of hydrogen-bond acceptors (Lipinski definition) is 4. The molecule has 1 aromatic heterocycles. The molecule has 1 aliphatic rings. The molecule has 2 aromatic rings. The largest absolute Gasteiger partial charge is 0.493 e. The highest BCUT2D eigenvalue weighted by Crippen LogP contribution is 2.40. The van der Waals surface area contributed by atoms with Gasteiger partial charge in [0.25, 0.3) is 0 Å². The number of aromatic amines is 1. The first-order valence-corrected chi connectivity index (χ1v) is 6.38. The lowest BCUT2D eigenvalue weighted by Gasteiger charge is -2.23. The summed E-state index contributed by atoms with van der Waals surface area (Å²) in [7, 11) is 2.93. The maximum absolute atomic E-state index is 14.4. The number of hydrogen-bond donors (Lipinski definition) is 2. The van der Waals surface area contributed by atoms with Crippen molar-refractivity contribution in [3.8, 4) is 11.5 Å². The quantitative estimate of drug-likeness (QED) is 0.907. The van der Waals surface area contributed by atoms with Crippen LogP contribution in [0.1, 0.15) is 23.5 Å². The Morgan fingerprint density at radius 2 is 1.95 bits per heavy atom. The number of rotatable bonds is 3. The molecule has 0 spiro atoms. The van der Waals surface area contributed by atoms with E-state index < -0.39 is 11.7 Å². The van der Waals surface area contributed by atoms with Gasteiger partial charge in [-0.15, -0.1) is 0 Å². The molecular formula is C14H14FN3O3. The summed E-state index contributed by atoms with van der Waals surface area (Å²) in [5.74, 6) is 0.194. The van der Waals surface area contributed by atoms with Gasteiger partial charge in [-0.2, -0.15) is 5.10 Å². The van der Waals surface area contributed by atoms with Crippen LogP contribution in [0.25, 0.3) is 0 Å². The number of aromatic nitrogens is 2. The number of nitrogens with one attached hydrogen (secondary N) is 2. The third kappa shape index (κ3) is 2.20. The summed E-state index contributed by atoms with van der Waals surface area (Å²) in [4.78, 5) is 11.8. The normalized spacial score (nSPS) is 17.1. The number of nitrogens with zero attached hydrogens (tertiary/aromatic N) is 1. The number of methoxy groups -OCH3 is 2. The molecule has 1 aromatic carbocycles. The van der Waals surface area contributed by atoms with Gasteiger partial charge in [0, 0.05) is 24.0 Å². The number of benzene rings is 1. The third-order valence-electron chi connectivity index (χ3n) is 3.58. The number of ether oxygens (including phenoxy) is 2. The minimum Gasteiger partial charge on any atom is -0.493 e. The number of carbonyl (C=O) groups is 1. The molecule has 0 bridgehead atoms. The number of fused-ring (bicyclic) bond motifs is 1. The molecule has 2 N–H and O–H groups in total. The molecule has 3 rings (SSSR count). The maximum atomic E-state index is 14.4. The van der Waals surface area contributed by atoms with Gasteiger partial charge in [0.15, 0.2) is 11.5 Å². The number of H-pyrrole nitrogens is 1. The monoisotopic (exact) mass is 291 g/mol. The molecule has 1 atom stereocenters. The predicted octanol–water partition coefficient (Wildman–Crippen LogP) is 2.04. The number of amides is 1. The second-order valence-corrected chi connectivity index (χ2v) is 4.73. The van der Waals surface area contributed by atoms with E-state index >= 15 is 0 Å². The number of anilines is 1. The van der Waals surface area contributed by atoms with E-state index in [9.17, 15) is 9.18 Å². The van der Waals surface area contributed by atoms with Crippen molar-refractivity contribution in [2.45, 2.75) is 12.3 Å². The van der Waals surface area contributed by atoms with Gasteiger partial charge in [-0.1, -0.05) is 0 Å². The summed E-state index contributed by atoms with van der Waals surface area (Å²) in [5, 5.41) is 9.27. The van der Waals surface area contributed by atoms with Crippen molar-refractivity contribution in [3.63, 3.8) is 0 Å². The van der Waals surface area contributed by atoms with Crippen molar-refractivity contribution in [2.75, 3.05) is 19.5 Å². The molecular weight excluding hydrogens is 277 g/mol. The van der Waals surface area contributed by atoms with Gasteiger partial charge < -0.3 is 14.8 Å². The van der Waals surface area contributed by atoms with Crippen molar-refractivity contribution < 1.29 is 18.7 Å². The van der Waals surface area contributed by atoms with Crippen molar-refractivity contribution in [2.24, 2.45) is 0 Å².